The van der Waals surface area contributed by atoms with Crippen LogP contribution < -0.4 is 0 Å². The monoisotopic (exact) mass is 202 g/mol. The number of fused-ring (bicyclic) bond motifs is 1. The molecule has 0 radical (unpaired) electrons. The van der Waals surface area contributed by atoms with Gasteiger partial charge < -0.3 is 4.42 Å². The first-order valence-electron chi connectivity index (χ1n) is 5.19. The molecule has 0 aliphatic carbocycles. The average Bonchev–Trinajstić information content (AvgIpc) is 2.61. The fraction of sp³-hybridized carbons (Fsp3) is 0.308. The first kappa shape index (κ1) is 9.97. The summed E-state index contributed by atoms with van der Waals surface area (Å²) in [5.74, 6) is 0.249. The number of rotatable bonds is 3. The van der Waals surface area contributed by atoms with Gasteiger partial charge in [0.05, 0.1) is 6.26 Å². The first-order valence-corrected chi connectivity index (χ1v) is 5.19. The number of hydrogen-bond acceptors (Lipinski definition) is 2. The quantitative estimate of drug-likeness (QED) is 0.764. The van der Waals surface area contributed by atoms with Crippen LogP contribution in [0.4, 0.5) is 0 Å². The SMILES string of the molecule is CCC(=O)Cc1coc2ccc(C)cc12. The Morgan fingerprint density at radius 2 is 2.20 bits per heavy atom. The molecule has 0 saturated heterocycles. The van der Waals surface area contributed by atoms with Gasteiger partial charge in [-0.15, -0.1) is 0 Å². The molecule has 2 heteroatoms. The predicted octanol–water partition coefficient (Wildman–Crippen LogP) is 3.26. The van der Waals surface area contributed by atoms with Crippen molar-refractivity contribution in [2.45, 2.75) is 26.7 Å². The van der Waals surface area contributed by atoms with E-state index >= 15 is 0 Å². The van der Waals surface area contributed by atoms with E-state index in [1.54, 1.807) is 6.26 Å². The second-order valence-corrected chi connectivity index (χ2v) is 3.83. The third-order valence-electron chi connectivity index (χ3n) is 2.59. The van der Waals surface area contributed by atoms with E-state index in [2.05, 4.69) is 6.07 Å². The Morgan fingerprint density at radius 3 is 2.93 bits per heavy atom. The van der Waals surface area contributed by atoms with Gasteiger partial charge in [-0.3, -0.25) is 4.79 Å². The van der Waals surface area contributed by atoms with E-state index in [4.69, 9.17) is 4.42 Å². The number of carbonyl (C=O) groups is 1. The summed E-state index contributed by atoms with van der Waals surface area (Å²) < 4.78 is 5.40. The van der Waals surface area contributed by atoms with Gasteiger partial charge in [0, 0.05) is 23.8 Å². The Hall–Kier alpha value is -1.57. The van der Waals surface area contributed by atoms with Crippen molar-refractivity contribution in [3.63, 3.8) is 0 Å². The molecule has 0 saturated carbocycles. The Bertz CT molecular complexity index is 494. The van der Waals surface area contributed by atoms with Crippen molar-refractivity contribution in [3.05, 3.63) is 35.6 Å². The minimum absolute atomic E-state index is 0.249. The van der Waals surface area contributed by atoms with Gasteiger partial charge >= 0.3 is 0 Å². The zero-order valence-corrected chi connectivity index (χ0v) is 9.04. The van der Waals surface area contributed by atoms with E-state index in [1.165, 1.54) is 5.56 Å². The van der Waals surface area contributed by atoms with Gasteiger partial charge in [0.1, 0.15) is 11.4 Å². The van der Waals surface area contributed by atoms with E-state index in [9.17, 15) is 4.79 Å². The molecule has 0 atom stereocenters. The van der Waals surface area contributed by atoms with Crippen LogP contribution in [-0.4, -0.2) is 5.78 Å². The molecule has 15 heavy (non-hydrogen) atoms. The van der Waals surface area contributed by atoms with Crippen molar-refractivity contribution in [3.8, 4) is 0 Å². The number of furan rings is 1. The van der Waals surface area contributed by atoms with E-state index in [-0.39, 0.29) is 5.78 Å². The van der Waals surface area contributed by atoms with Crippen LogP contribution in [0.15, 0.2) is 28.9 Å². The van der Waals surface area contributed by atoms with Crippen molar-refractivity contribution in [2.75, 3.05) is 0 Å². The minimum atomic E-state index is 0.249. The van der Waals surface area contributed by atoms with E-state index in [0.29, 0.717) is 12.8 Å². The molecule has 1 heterocycles. The lowest BCUT2D eigenvalue weighted by molar-refractivity contribution is -0.118. The standard InChI is InChI=1S/C13H14O2/c1-3-11(14)7-10-8-15-13-5-4-9(2)6-12(10)13/h4-6,8H,3,7H2,1-2H3. The maximum Gasteiger partial charge on any atom is 0.137 e. The molecule has 1 aromatic carbocycles. The summed E-state index contributed by atoms with van der Waals surface area (Å²) in [7, 11) is 0. The Kier molecular flexibility index (Phi) is 2.58. The van der Waals surface area contributed by atoms with Crippen molar-refractivity contribution >= 4 is 16.8 Å². The van der Waals surface area contributed by atoms with Crippen LogP contribution in [0.5, 0.6) is 0 Å². The third-order valence-corrected chi connectivity index (χ3v) is 2.59. The van der Waals surface area contributed by atoms with Crippen LogP contribution in [0.25, 0.3) is 11.0 Å². The highest BCUT2D eigenvalue weighted by Gasteiger charge is 2.08. The lowest BCUT2D eigenvalue weighted by Crippen LogP contribution is -1.99. The van der Waals surface area contributed by atoms with Crippen LogP contribution >= 0.6 is 0 Å². The van der Waals surface area contributed by atoms with Crippen molar-refractivity contribution in [1.29, 1.82) is 0 Å². The van der Waals surface area contributed by atoms with E-state index in [0.717, 1.165) is 16.5 Å². The molecule has 78 valence electrons. The van der Waals surface area contributed by atoms with Crippen LogP contribution in [-0.2, 0) is 11.2 Å². The average molecular weight is 202 g/mol. The first-order chi connectivity index (χ1) is 7.20. The van der Waals surface area contributed by atoms with Gasteiger partial charge in [-0.1, -0.05) is 18.6 Å². The molecule has 0 bridgehead atoms. The Balaban J connectivity index is 2.43. The van der Waals surface area contributed by atoms with Crippen LogP contribution in [0, 0.1) is 6.92 Å². The molecule has 1 aromatic heterocycles. The number of aryl methyl sites for hydroxylation is 1. The lowest BCUT2D eigenvalue weighted by atomic mass is 10.1. The molecule has 0 aliphatic heterocycles. The Labute approximate surface area is 88.9 Å². The second-order valence-electron chi connectivity index (χ2n) is 3.83. The summed E-state index contributed by atoms with van der Waals surface area (Å²) in [4.78, 5) is 11.4. The van der Waals surface area contributed by atoms with Gasteiger partial charge in [-0.2, -0.15) is 0 Å². The molecule has 0 aliphatic rings. The highest BCUT2D eigenvalue weighted by molar-refractivity contribution is 5.88. The van der Waals surface area contributed by atoms with Gasteiger partial charge in [-0.25, -0.2) is 0 Å². The number of benzene rings is 1. The molecule has 0 unspecified atom stereocenters. The molecule has 2 aromatic rings. The van der Waals surface area contributed by atoms with Gasteiger partial charge in [0.15, 0.2) is 0 Å². The summed E-state index contributed by atoms with van der Waals surface area (Å²) in [6, 6.07) is 6.03. The van der Waals surface area contributed by atoms with Crippen molar-refractivity contribution < 1.29 is 9.21 Å². The maximum absolute atomic E-state index is 11.4. The molecule has 0 fully saturated rings. The number of hydrogen-bond donors (Lipinski definition) is 0. The van der Waals surface area contributed by atoms with Gasteiger partial charge in [0.2, 0.25) is 0 Å². The summed E-state index contributed by atoms with van der Waals surface area (Å²) in [5.41, 5.74) is 3.05. The third kappa shape index (κ3) is 1.94. The number of carbonyl (C=O) groups excluding carboxylic acids is 1. The predicted molar refractivity (Wildman–Crippen MR) is 60.0 cm³/mol. The second kappa shape index (κ2) is 3.89. The fourth-order valence-corrected chi connectivity index (χ4v) is 1.67. The van der Waals surface area contributed by atoms with Crippen molar-refractivity contribution in [2.24, 2.45) is 0 Å². The number of Topliss-reactive ketones (excluding diaryl/α,β-unsaturated/α-hetero) is 1. The van der Waals surface area contributed by atoms with Crippen LogP contribution in [0.2, 0.25) is 0 Å². The molecule has 0 N–H and O–H groups in total. The topological polar surface area (TPSA) is 30.2 Å². The zero-order chi connectivity index (χ0) is 10.8. The maximum atomic E-state index is 11.4. The summed E-state index contributed by atoms with van der Waals surface area (Å²) in [5, 5.41) is 1.07. The number of ketones is 1. The van der Waals surface area contributed by atoms with Gasteiger partial charge in [0.25, 0.3) is 0 Å². The largest absolute Gasteiger partial charge is 0.464 e. The molecule has 2 nitrogen and oxygen atoms in total. The van der Waals surface area contributed by atoms with Crippen LogP contribution in [0.3, 0.4) is 0 Å². The fourth-order valence-electron chi connectivity index (χ4n) is 1.67. The molecule has 2 rings (SSSR count). The normalized spacial score (nSPS) is 10.8. The molecular weight excluding hydrogens is 188 g/mol. The lowest BCUT2D eigenvalue weighted by Gasteiger charge is -1.96. The van der Waals surface area contributed by atoms with Gasteiger partial charge in [-0.05, 0) is 19.1 Å². The molecule has 0 spiro atoms. The summed E-state index contributed by atoms with van der Waals surface area (Å²) in [6.45, 7) is 3.92. The molecular formula is C13H14O2. The highest BCUT2D eigenvalue weighted by Crippen LogP contribution is 2.23. The van der Waals surface area contributed by atoms with Crippen molar-refractivity contribution in [1.82, 2.24) is 0 Å². The smallest absolute Gasteiger partial charge is 0.137 e. The summed E-state index contributed by atoms with van der Waals surface area (Å²) >= 11 is 0. The zero-order valence-electron chi connectivity index (χ0n) is 9.04. The molecule has 0 amide bonds. The minimum Gasteiger partial charge on any atom is -0.464 e. The van der Waals surface area contributed by atoms with Crippen LogP contribution in [0.1, 0.15) is 24.5 Å². The van der Waals surface area contributed by atoms with E-state index < -0.39 is 0 Å². The highest BCUT2D eigenvalue weighted by atomic mass is 16.3. The Morgan fingerprint density at radius 1 is 1.40 bits per heavy atom. The van der Waals surface area contributed by atoms with E-state index in [1.807, 2.05) is 26.0 Å². The summed E-state index contributed by atoms with van der Waals surface area (Å²) in [6.07, 6.45) is 2.75.